The summed E-state index contributed by atoms with van der Waals surface area (Å²) in [5.74, 6) is -1.25. The minimum Gasteiger partial charge on any atom is -0.465 e. The van der Waals surface area contributed by atoms with E-state index in [1.54, 1.807) is 19.1 Å². The van der Waals surface area contributed by atoms with E-state index in [4.69, 9.17) is 16.3 Å². The Hall–Kier alpha value is -3.05. The highest BCUT2D eigenvalue weighted by Gasteiger charge is 2.38. The highest BCUT2D eigenvalue weighted by atomic mass is 35.5. The van der Waals surface area contributed by atoms with Crippen molar-refractivity contribution < 1.29 is 14.3 Å². The van der Waals surface area contributed by atoms with Gasteiger partial charge in [-0.1, -0.05) is 41.9 Å². The van der Waals surface area contributed by atoms with Gasteiger partial charge in [0.2, 0.25) is 5.91 Å². The van der Waals surface area contributed by atoms with Gasteiger partial charge in [-0.25, -0.2) is 4.79 Å². The number of aromatic nitrogens is 1. The predicted octanol–water partition coefficient (Wildman–Crippen LogP) is 4.51. The predicted molar refractivity (Wildman–Crippen MR) is 104 cm³/mol. The van der Waals surface area contributed by atoms with Crippen LogP contribution in [-0.4, -0.2) is 24.0 Å². The molecular formula is C21H17ClN2O3. The Kier molecular flexibility index (Phi) is 4.24. The molecule has 2 heterocycles. The molecule has 4 rings (SSSR count). The summed E-state index contributed by atoms with van der Waals surface area (Å²) >= 11 is 6.02. The highest BCUT2D eigenvalue weighted by molar-refractivity contribution is 6.30. The molecule has 0 aliphatic carbocycles. The molecule has 0 fully saturated rings. The van der Waals surface area contributed by atoms with E-state index in [2.05, 4.69) is 10.3 Å². The fourth-order valence-electron chi connectivity index (χ4n) is 3.64. The van der Waals surface area contributed by atoms with Crippen LogP contribution in [0.5, 0.6) is 0 Å². The van der Waals surface area contributed by atoms with E-state index in [-0.39, 0.29) is 5.91 Å². The molecule has 136 valence electrons. The van der Waals surface area contributed by atoms with E-state index >= 15 is 0 Å². The third kappa shape index (κ3) is 2.80. The second-order valence-electron chi connectivity index (χ2n) is 6.42. The van der Waals surface area contributed by atoms with E-state index in [1.165, 1.54) is 7.11 Å². The zero-order valence-electron chi connectivity index (χ0n) is 14.8. The minimum absolute atomic E-state index is 0.171. The van der Waals surface area contributed by atoms with E-state index < -0.39 is 11.9 Å². The maximum absolute atomic E-state index is 12.8. The zero-order chi connectivity index (χ0) is 19.1. The number of nitrogens with one attached hydrogen (secondary N) is 2. The molecule has 1 aliphatic rings. The van der Waals surface area contributed by atoms with Gasteiger partial charge in [0.15, 0.2) is 0 Å². The Labute approximate surface area is 161 Å². The number of carbonyl (C=O) groups excluding carboxylic acids is 2. The molecule has 5 nitrogen and oxygen atoms in total. The van der Waals surface area contributed by atoms with Gasteiger partial charge in [-0.05, 0) is 36.2 Å². The molecule has 0 saturated heterocycles. The van der Waals surface area contributed by atoms with E-state index in [1.807, 2.05) is 36.4 Å². The number of hydrogen-bond acceptors (Lipinski definition) is 3. The number of fused-ring (bicyclic) bond motifs is 1. The molecule has 2 N–H and O–H groups in total. The maximum atomic E-state index is 12.8. The molecule has 6 heteroatoms. The first-order valence-corrected chi connectivity index (χ1v) is 8.85. The molecule has 2 aromatic carbocycles. The lowest BCUT2D eigenvalue weighted by atomic mass is 9.87. The number of carbonyl (C=O) groups is 2. The molecule has 0 bridgehead atoms. The van der Waals surface area contributed by atoms with Crippen LogP contribution in [0.4, 0.5) is 5.69 Å². The molecular weight excluding hydrogens is 364 g/mol. The van der Waals surface area contributed by atoms with Gasteiger partial charge in [0.1, 0.15) is 0 Å². The van der Waals surface area contributed by atoms with Crippen LogP contribution in [0.25, 0.3) is 11.3 Å². The quantitative estimate of drug-likeness (QED) is 0.656. The summed E-state index contributed by atoms with van der Waals surface area (Å²) in [6, 6.07) is 14.8. The van der Waals surface area contributed by atoms with Crippen LogP contribution in [0.2, 0.25) is 5.02 Å². The summed E-state index contributed by atoms with van der Waals surface area (Å²) in [6.07, 6.45) is 0. The third-order valence-corrected chi connectivity index (χ3v) is 5.08. The Morgan fingerprint density at radius 1 is 1.11 bits per heavy atom. The molecule has 0 radical (unpaired) electrons. The van der Waals surface area contributed by atoms with Crippen LogP contribution in [-0.2, 0) is 9.53 Å². The number of rotatable bonds is 3. The van der Waals surface area contributed by atoms with Gasteiger partial charge in [0, 0.05) is 22.0 Å². The van der Waals surface area contributed by atoms with Gasteiger partial charge in [0.05, 0.1) is 24.3 Å². The SMILES string of the molecule is COC(=O)c1c(C)[nH]c(-c2ccc(Cl)cc2)c1[C@H]1C(=O)Nc2ccccc21. The number of amides is 1. The van der Waals surface area contributed by atoms with Gasteiger partial charge < -0.3 is 15.0 Å². The van der Waals surface area contributed by atoms with E-state index in [0.29, 0.717) is 27.5 Å². The second-order valence-corrected chi connectivity index (χ2v) is 6.86. The molecule has 1 aliphatic heterocycles. The lowest BCUT2D eigenvalue weighted by Crippen LogP contribution is -2.17. The normalized spacial score (nSPS) is 15.4. The Bertz CT molecular complexity index is 1050. The molecule has 0 unspecified atom stereocenters. The number of H-pyrrole nitrogens is 1. The van der Waals surface area contributed by atoms with E-state index in [9.17, 15) is 9.59 Å². The molecule has 1 atom stereocenters. The van der Waals surface area contributed by atoms with Crippen molar-refractivity contribution in [1.29, 1.82) is 0 Å². The number of methoxy groups -OCH3 is 1. The average Bonchev–Trinajstić information content (AvgIpc) is 3.17. The van der Waals surface area contributed by atoms with Crippen molar-refractivity contribution in [3.63, 3.8) is 0 Å². The number of aryl methyl sites for hydroxylation is 1. The average molecular weight is 381 g/mol. The van der Waals surface area contributed by atoms with Crippen LogP contribution in [0.15, 0.2) is 48.5 Å². The summed E-state index contributed by atoms with van der Waals surface area (Å²) in [5.41, 5.74) is 4.79. The topological polar surface area (TPSA) is 71.2 Å². The number of benzene rings is 2. The number of halogens is 1. The summed E-state index contributed by atoms with van der Waals surface area (Å²) in [7, 11) is 1.34. The molecule has 3 aromatic rings. The van der Waals surface area contributed by atoms with Crippen molar-refractivity contribution in [2.45, 2.75) is 12.8 Å². The number of aromatic amines is 1. The van der Waals surface area contributed by atoms with Gasteiger partial charge in [-0.2, -0.15) is 0 Å². The summed E-state index contributed by atoms with van der Waals surface area (Å²) in [6.45, 7) is 1.80. The lowest BCUT2D eigenvalue weighted by molar-refractivity contribution is -0.116. The Balaban J connectivity index is 1.99. The second kappa shape index (κ2) is 6.59. The van der Waals surface area contributed by atoms with Crippen LogP contribution in [0.3, 0.4) is 0 Å². The standard InChI is InChI=1S/C21H17ClN2O3/c1-11-16(21(26)27-2)18(19(23-11)12-7-9-13(22)10-8-12)17-14-5-3-4-6-15(14)24-20(17)25/h3-10,17,23H,1-2H3,(H,24,25)/t17-/m0/s1. The number of para-hydroxylation sites is 1. The van der Waals surface area contributed by atoms with E-state index in [0.717, 1.165) is 16.8 Å². The monoisotopic (exact) mass is 380 g/mol. The van der Waals surface area contributed by atoms with Gasteiger partial charge in [-0.15, -0.1) is 0 Å². The smallest absolute Gasteiger partial charge is 0.340 e. The first kappa shape index (κ1) is 17.4. The summed E-state index contributed by atoms with van der Waals surface area (Å²) in [4.78, 5) is 28.6. The van der Waals surface area contributed by atoms with Crippen LogP contribution >= 0.6 is 11.6 Å². The number of anilines is 1. The van der Waals surface area contributed by atoms with Crippen LogP contribution < -0.4 is 5.32 Å². The molecule has 1 amide bonds. The zero-order valence-corrected chi connectivity index (χ0v) is 15.6. The lowest BCUT2D eigenvalue weighted by Gasteiger charge is -2.13. The van der Waals surface area contributed by atoms with Crippen molar-refractivity contribution >= 4 is 29.2 Å². The van der Waals surface area contributed by atoms with Crippen molar-refractivity contribution in [2.75, 3.05) is 12.4 Å². The van der Waals surface area contributed by atoms with Crippen molar-refractivity contribution in [1.82, 2.24) is 4.98 Å². The van der Waals surface area contributed by atoms with Crippen molar-refractivity contribution in [3.8, 4) is 11.3 Å². The molecule has 0 saturated carbocycles. The maximum Gasteiger partial charge on any atom is 0.340 e. The molecule has 27 heavy (non-hydrogen) atoms. The van der Waals surface area contributed by atoms with Gasteiger partial charge in [0.25, 0.3) is 0 Å². The van der Waals surface area contributed by atoms with Crippen molar-refractivity contribution in [3.05, 3.63) is 75.9 Å². The summed E-state index contributed by atoms with van der Waals surface area (Å²) in [5, 5.41) is 3.51. The van der Waals surface area contributed by atoms with Crippen LogP contribution in [0, 0.1) is 6.92 Å². The van der Waals surface area contributed by atoms with Crippen molar-refractivity contribution in [2.24, 2.45) is 0 Å². The van der Waals surface area contributed by atoms with Crippen LogP contribution in [0.1, 0.15) is 33.1 Å². The molecule has 1 aromatic heterocycles. The number of esters is 1. The Morgan fingerprint density at radius 2 is 1.81 bits per heavy atom. The first-order chi connectivity index (χ1) is 13.0. The third-order valence-electron chi connectivity index (χ3n) is 4.83. The molecule has 0 spiro atoms. The highest BCUT2D eigenvalue weighted by Crippen LogP contribution is 2.43. The number of hydrogen-bond donors (Lipinski definition) is 2. The fraction of sp³-hybridized carbons (Fsp3) is 0.143. The summed E-state index contributed by atoms with van der Waals surface area (Å²) < 4.78 is 5.00. The van der Waals surface area contributed by atoms with Gasteiger partial charge >= 0.3 is 5.97 Å². The first-order valence-electron chi connectivity index (χ1n) is 8.47. The van der Waals surface area contributed by atoms with Gasteiger partial charge in [-0.3, -0.25) is 4.79 Å². The minimum atomic E-state index is -0.606. The largest absolute Gasteiger partial charge is 0.465 e. The number of ether oxygens (including phenoxy) is 1. The fourth-order valence-corrected chi connectivity index (χ4v) is 3.76. The Morgan fingerprint density at radius 3 is 2.52 bits per heavy atom.